The molecule has 1 N–H and O–H groups in total. The lowest BCUT2D eigenvalue weighted by molar-refractivity contribution is -0.118. The fourth-order valence-corrected chi connectivity index (χ4v) is 2.98. The minimum atomic E-state index is -0.209. The number of carbonyl (C=O) groups is 1. The van der Waals surface area contributed by atoms with Crippen LogP contribution in [0.1, 0.15) is 5.56 Å². The second kappa shape index (κ2) is 7.60. The van der Waals surface area contributed by atoms with Crippen LogP contribution in [-0.2, 0) is 4.79 Å². The Morgan fingerprint density at radius 1 is 1.26 bits per heavy atom. The van der Waals surface area contributed by atoms with Crippen LogP contribution in [-0.4, -0.2) is 22.9 Å². The first-order valence-corrected chi connectivity index (χ1v) is 8.83. The molecule has 0 aliphatic rings. The van der Waals surface area contributed by atoms with E-state index in [2.05, 4.69) is 38.1 Å². The largest absolute Gasteiger partial charge is 0.431 e. The second-order valence-corrected chi connectivity index (χ2v) is 6.64. The van der Waals surface area contributed by atoms with Gasteiger partial charge in [0.25, 0.3) is 11.1 Å². The Hall–Kier alpha value is -1.87. The van der Waals surface area contributed by atoms with Gasteiger partial charge in [-0.1, -0.05) is 42.1 Å². The highest BCUT2D eigenvalue weighted by Gasteiger charge is 2.08. The number of benzene rings is 2. The fraction of sp³-hybridized carbons (Fsp3) is 0.0625. The molecule has 2 aromatic carbocycles. The molecular weight excluding hydrogens is 425 g/mol. The second-order valence-electron chi connectivity index (χ2n) is 4.55. The van der Waals surface area contributed by atoms with Crippen molar-refractivity contribution >= 4 is 57.6 Å². The first-order chi connectivity index (χ1) is 11.2. The van der Waals surface area contributed by atoms with E-state index in [9.17, 15) is 4.79 Å². The topological polar surface area (TPSA) is 67.5 Å². The molecule has 1 heterocycles. The molecule has 0 saturated heterocycles. The monoisotopic (exact) mass is 437 g/mol. The van der Waals surface area contributed by atoms with Crippen LogP contribution < -0.4 is 5.43 Å². The van der Waals surface area contributed by atoms with Crippen molar-refractivity contribution in [1.82, 2.24) is 10.4 Å². The molecule has 0 aliphatic heterocycles. The van der Waals surface area contributed by atoms with E-state index >= 15 is 0 Å². The van der Waals surface area contributed by atoms with Crippen molar-refractivity contribution in [1.29, 1.82) is 0 Å². The van der Waals surface area contributed by atoms with Gasteiger partial charge in [0.2, 0.25) is 0 Å². The van der Waals surface area contributed by atoms with Gasteiger partial charge in [0.15, 0.2) is 5.58 Å². The van der Waals surface area contributed by atoms with Gasteiger partial charge in [0, 0.05) is 9.13 Å². The Morgan fingerprint density at radius 3 is 2.87 bits per heavy atom. The van der Waals surface area contributed by atoms with E-state index in [1.165, 1.54) is 11.8 Å². The number of thioether (sulfide) groups is 1. The third-order valence-electron chi connectivity index (χ3n) is 2.90. The number of rotatable bonds is 5. The summed E-state index contributed by atoms with van der Waals surface area (Å²) < 4.78 is 6.61. The summed E-state index contributed by atoms with van der Waals surface area (Å²) in [6, 6.07) is 15.3. The number of carbonyl (C=O) groups excluding carboxylic acids is 1. The number of nitrogens with zero attached hydrogens (tertiary/aromatic N) is 2. The Kier molecular flexibility index (Phi) is 5.29. The molecule has 0 atom stereocenters. The van der Waals surface area contributed by atoms with Gasteiger partial charge in [-0.15, -0.1) is 0 Å². The molecule has 0 saturated carbocycles. The Morgan fingerprint density at radius 2 is 2.04 bits per heavy atom. The molecule has 0 fully saturated rings. The molecule has 1 amide bonds. The quantitative estimate of drug-likeness (QED) is 0.286. The van der Waals surface area contributed by atoms with Crippen molar-refractivity contribution in [3.8, 4) is 0 Å². The highest BCUT2D eigenvalue weighted by atomic mass is 127. The SMILES string of the molecule is O=C(CSc1nc2ccccc2o1)N/N=C/c1ccccc1I. The first-order valence-electron chi connectivity index (χ1n) is 6.77. The van der Waals surface area contributed by atoms with E-state index < -0.39 is 0 Å². The van der Waals surface area contributed by atoms with Crippen molar-refractivity contribution in [3.05, 3.63) is 57.7 Å². The van der Waals surface area contributed by atoms with E-state index in [4.69, 9.17) is 4.42 Å². The molecule has 23 heavy (non-hydrogen) atoms. The summed E-state index contributed by atoms with van der Waals surface area (Å²) in [7, 11) is 0. The number of para-hydroxylation sites is 2. The van der Waals surface area contributed by atoms with Crippen LogP contribution in [0.3, 0.4) is 0 Å². The zero-order valence-electron chi connectivity index (χ0n) is 11.9. The van der Waals surface area contributed by atoms with Crippen LogP contribution >= 0.6 is 34.4 Å². The number of aromatic nitrogens is 1. The fourth-order valence-electron chi connectivity index (χ4n) is 1.83. The smallest absolute Gasteiger partial charge is 0.257 e. The van der Waals surface area contributed by atoms with Gasteiger partial charge in [-0.25, -0.2) is 10.4 Å². The van der Waals surface area contributed by atoms with Crippen molar-refractivity contribution in [2.75, 3.05) is 5.75 Å². The maximum absolute atomic E-state index is 11.8. The standard InChI is InChI=1S/C16H12IN3O2S/c17-12-6-2-1-5-11(12)9-18-20-15(21)10-23-16-19-13-7-3-4-8-14(13)22-16/h1-9H,10H2,(H,20,21)/b18-9+. The van der Waals surface area contributed by atoms with Gasteiger partial charge >= 0.3 is 0 Å². The molecule has 0 unspecified atom stereocenters. The lowest BCUT2D eigenvalue weighted by Gasteiger charge is -1.98. The zero-order chi connectivity index (χ0) is 16.1. The number of hydrogen-bond acceptors (Lipinski definition) is 5. The summed E-state index contributed by atoms with van der Waals surface area (Å²) in [5, 5.41) is 4.44. The van der Waals surface area contributed by atoms with Crippen LogP contribution in [0.15, 0.2) is 63.3 Å². The van der Waals surface area contributed by atoms with Crippen molar-refractivity contribution in [3.63, 3.8) is 0 Å². The molecular formula is C16H12IN3O2S. The maximum Gasteiger partial charge on any atom is 0.257 e. The summed E-state index contributed by atoms with van der Waals surface area (Å²) in [5.74, 6) is -0.0183. The van der Waals surface area contributed by atoms with Gasteiger partial charge < -0.3 is 4.42 Å². The summed E-state index contributed by atoms with van der Waals surface area (Å²) in [6.45, 7) is 0. The van der Waals surface area contributed by atoms with E-state index in [1.807, 2.05) is 48.5 Å². The summed E-state index contributed by atoms with van der Waals surface area (Å²) in [5.41, 5.74) is 4.96. The van der Waals surface area contributed by atoms with Gasteiger partial charge in [-0.05, 0) is 40.8 Å². The first kappa shape index (κ1) is 16.0. The predicted molar refractivity (Wildman–Crippen MR) is 99.6 cm³/mol. The molecule has 116 valence electrons. The zero-order valence-corrected chi connectivity index (χ0v) is 14.9. The summed E-state index contributed by atoms with van der Waals surface area (Å²) in [6.07, 6.45) is 1.63. The number of oxazole rings is 1. The minimum Gasteiger partial charge on any atom is -0.431 e. The number of amides is 1. The van der Waals surface area contributed by atoms with Gasteiger partial charge in [0.1, 0.15) is 5.52 Å². The predicted octanol–water partition coefficient (Wildman–Crippen LogP) is 3.67. The molecule has 5 nitrogen and oxygen atoms in total. The van der Waals surface area contributed by atoms with E-state index in [0.717, 1.165) is 14.7 Å². The summed E-state index contributed by atoms with van der Waals surface area (Å²) >= 11 is 3.46. The van der Waals surface area contributed by atoms with Gasteiger partial charge in [-0.3, -0.25) is 4.79 Å². The number of halogens is 1. The van der Waals surface area contributed by atoms with E-state index in [-0.39, 0.29) is 11.7 Å². The van der Waals surface area contributed by atoms with Crippen LogP contribution in [0.4, 0.5) is 0 Å². The molecule has 3 aromatic rings. The third-order valence-corrected chi connectivity index (χ3v) is 4.71. The van der Waals surface area contributed by atoms with Crippen molar-refractivity contribution in [2.45, 2.75) is 5.22 Å². The van der Waals surface area contributed by atoms with Gasteiger partial charge in [0.05, 0.1) is 12.0 Å². The number of hydrazone groups is 1. The average Bonchev–Trinajstić information content (AvgIpc) is 2.98. The lowest BCUT2D eigenvalue weighted by atomic mass is 10.2. The van der Waals surface area contributed by atoms with Gasteiger partial charge in [-0.2, -0.15) is 5.10 Å². The highest BCUT2D eigenvalue weighted by molar-refractivity contribution is 14.1. The lowest BCUT2D eigenvalue weighted by Crippen LogP contribution is -2.19. The van der Waals surface area contributed by atoms with Crippen LogP contribution in [0.5, 0.6) is 0 Å². The Bertz CT molecular complexity index is 830. The molecule has 0 bridgehead atoms. The number of hydrogen-bond donors (Lipinski definition) is 1. The van der Waals surface area contributed by atoms with Crippen LogP contribution in [0.25, 0.3) is 11.1 Å². The molecule has 0 radical (unpaired) electrons. The summed E-state index contributed by atoms with van der Waals surface area (Å²) in [4.78, 5) is 16.1. The maximum atomic E-state index is 11.8. The molecule has 1 aromatic heterocycles. The minimum absolute atomic E-state index is 0.191. The molecule has 3 rings (SSSR count). The number of nitrogens with one attached hydrogen (secondary N) is 1. The molecule has 0 spiro atoms. The Labute approximate surface area is 150 Å². The molecule has 0 aliphatic carbocycles. The van der Waals surface area contributed by atoms with Crippen molar-refractivity contribution < 1.29 is 9.21 Å². The third kappa shape index (κ3) is 4.32. The van der Waals surface area contributed by atoms with Crippen LogP contribution in [0, 0.1) is 3.57 Å². The Balaban J connectivity index is 1.52. The number of fused-ring (bicyclic) bond motifs is 1. The van der Waals surface area contributed by atoms with E-state index in [1.54, 1.807) is 6.21 Å². The normalized spacial score (nSPS) is 11.2. The van der Waals surface area contributed by atoms with Crippen molar-refractivity contribution in [2.24, 2.45) is 5.10 Å². The highest BCUT2D eigenvalue weighted by Crippen LogP contribution is 2.22. The van der Waals surface area contributed by atoms with Crippen LogP contribution in [0.2, 0.25) is 0 Å². The van der Waals surface area contributed by atoms with E-state index in [0.29, 0.717) is 10.8 Å². The average molecular weight is 437 g/mol. The molecule has 7 heteroatoms.